The minimum absolute atomic E-state index is 0.00160. The normalized spacial score (nSPS) is 16.6. The second kappa shape index (κ2) is 7.75. The van der Waals surface area contributed by atoms with Crippen molar-refractivity contribution in [1.82, 2.24) is 15.0 Å². The van der Waals surface area contributed by atoms with Crippen LogP contribution in [-0.4, -0.2) is 32.3 Å². The molecule has 0 aromatic carbocycles. The third-order valence-corrected chi connectivity index (χ3v) is 8.29. The molecule has 0 N–H and O–H groups in total. The van der Waals surface area contributed by atoms with Crippen molar-refractivity contribution in [3.63, 3.8) is 0 Å². The SMILES string of the molecule is O=C(CSc1ncnc2ccsc12)N1N=C(c2cccs2)CC1c1cccs1. The number of hydrazone groups is 1. The summed E-state index contributed by atoms with van der Waals surface area (Å²) in [5.41, 5.74) is 1.90. The molecule has 28 heavy (non-hydrogen) atoms. The van der Waals surface area contributed by atoms with E-state index >= 15 is 0 Å². The Kier molecular flexibility index (Phi) is 4.98. The van der Waals surface area contributed by atoms with Gasteiger partial charge in [0.05, 0.1) is 32.6 Å². The predicted octanol–water partition coefficient (Wildman–Crippen LogP) is 5.28. The Balaban J connectivity index is 1.38. The highest BCUT2D eigenvalue weighted by atomic mass is 32.2. The molecule has 5 heterocycles. The lowest BCUT2D eigenvalue weighted by Gasteiger charge is -2.20. The van der Waals surface area contributed by atoms with E-state index in [0.717, 1.165) is 37.1 Å². The van der Waals surface area contributed by atoms with Crippen molar-refractivity contribution in [2.45, 2.75) is 17.5 Å². The number of fused-ring (bicyclic) bond motifs is 1. The summed E-state index contributed by atoms with van der Waals surface area (Å²) >= 11 is 6.38. The monoisotopic (exact) mass is 442 g/mol. The molecule has 140 valence electrons. The van der Waals surface area contributed by atoms with Crippen LogP contribution in [0.4, 0.5) is 0 Å². The molecule has 0 bridgehead atoms. The molecule has 1 unspecified atom stereocenters. The van der Waals surface area contributed by atoms with E-state index in [4.69, 9.17) is 5.10 Å². The first kappa shape index (κ1) is 18.0. The van der Waals surface area contributed by atoms with Gasteiger partial charge in [0.1, 0.15) is 11.4 Å². The summed E-state index contributed by atoms with van der Waals surface area (Å²) < 4.78 is 1.03. The molecule has 5 rings (SSSR count). The number of thioether (sulfide) groups is 1. The van der Waals surface area contributed by atoms with Gasteiger partial charge in [0.2, 0.25) is 0 Å². The molecular weight excluding hydrogens is 429 g/mol. The lowest BCUT2D eigenvalue weighted by molar-refractivity contribution is -0.130. The van der Waals surface area contributed by atoms with Gasteiger partial charge in [0.15, 0.2) is 0 Å². The number of carbonyl (C=O) groups excluding carboxylic acids is 1. The van der Waals surface area contributed by atoms with Crippen LogP contribution in [0.5, 0.6) is 0 Å². The van der Waals surface area contributed by atoms with Crippen LogP contribution < -0.4 is 0 Å². The maximum atomic E-state index is 13.1. The summed E-state index contributed by atoms with van der Waals surface area (Å²) in [6.45, 7) is 0. The number of thiophene rings is 3. The summed E-state index contributed by atoms with van der Waals surface area (Å²) in [5.74, 6) is 0.297. The molecule has 0 saturated heterocycles. The van der Waals surface area contributed by atoms with Crippen molar-refractivity contribution in [1.29, 1.82) is 0 Å². The number of hydrogen-bond donors (Lipinski definition) is 0. The van der Waals surface area contributed by atoms with Gasteiger partial charge < -0.3 is 0 Å². The van der Waals surface area contributed by atoms with Gasteiger partial charge >= 0.3 is 0 Å². The molecule has 0 fully saturated rings. The van der Waals surface area contributed by atoms with E-state index in [1.54, 1.807) is 45.3 Å². The topological polar surface area (TPSA) is 58.5 Å². The highest BCUT2D eigenvalue weighted by Gasteiger charge is 2.34. The molecule has 5 nitrogen and oxygen atoms in total. The fourth-order valence-electron chi connectivity index (χ4n) is 3.10. The van der Waals surface area contributed by atoms with Gasteiger partial charge in [0, 0.05) is 11.3 Å². The van der Waals surface area contributed by atoms with E-state index < -0.39 is 0 Å². The fraction of sp³-hybridized carbons (Fsp3) is 0.158. The molecule has 1 atom stereocenters. The Bertz CT molecular complexity index is 1130. The van der Waals surface area contributed by atoms with Crippen molar-refractivity contribution < 1.29 is 4.79 Å². The number of rotatable bonds is 5. The van der Waals surface area contributed by atoms with Crippen LogP contribution in [0.1, 0.15) is 22.2 Å². The summed E-state index contributed by atoms with van der Waals surface area (Å²) in [7, 11) is 0. The van der Waals surface area contributed by atoms with Gasteiger partial charge in [-0.2, -0.15) is 5.10 Å². The van der Waals surface area contributed by atoms with Gasteiger partial charge in [0.25, 0.3) is 5.91 Å². The largest absolute Gasteiger partial charge is 0.272 e. The van der Waals surface area contributed by atoms with Crippen molar-refractivity contribution >= 4 is 67.6 Å². The first-order valence-electron chi connectivity index (χ1n) is 8.57. The molecule has 0 spiro atoms. The quantitative estimate of drug-likeness (QED) is 0.311. The Morgan fingerprint density at radius 3 is 2.82 bits per heavy atom. The second-order valence-electron chi connectivity index (χ2n) is 6.10. The van der Waals surface area contributed by atoms with Crippen LogP contribution in [0.25, 0.3) is 10.2 Å². The Morgan fingerprint density at radius 2 is 2.00 bits per heavy atom. The molecule has 9 heteroatoms. The number of aromatic nitrogens is 2. The molecule has 0 saturated carbocycles. The van der Waals surface area contributed by atoms with Crippen molar-refractivity contribution in [2.24, 2.45) is 5.10 Å². The highest BCUT2D eigenvalue weighted by Crippen LogP contribution is 2.37. The van der Waals surface area contributed by atoms with Crippen LogP contribution >= 0.6 is 45.8 Å². The smallest absolute Gasteiger partial charge is 0.253 e. The zero-order valence-corrected chi connectivity index (χ0v) is 17.8. The van der Waals surface area contributed by atoms with E-state index in [1.165, 1.54) is 11.8 Å². The summed E-state index contributed by atoms with van der Waals surface area (Å²) in [4.78, 5) is 24.0. The summed E-state index contributed by atoms with van der Waals surface area (Å²) in [6.07, 6.45) is 2.30. The molecule has 1 aliphatic heterocycles. The fourth-order valence-corrected chi connectivity index (χ4v) is 6.43. The predicted molar refractivity (Wildman–Crippen MR) is 118 cm³/mol. The lowest BCUT2D eigenvalue weighted by Crippen LogP contribution is -2.28. The third-order valence-electron chi connectivity index (χ3n) is 4.39. The average Bonchev–Trinajstić information content (AvgIpc) is 3.49. The van der Waals surface area contributed by atoms with E-state index in [-0.39, 0.29) is 11.9 Å². The van der Waals surface area contributed by atoms with Gasteiger partial charge in [-0.05, 0) is 34.3 Å². The number of nitrogens with zero attached hydrogens (tertiary/aromatic N) is 4. The Hall–Kier alpha value is -2.07. The van der Waals surface area contributed by atoms with Crippen LogP contribution in [0.2, 0.25) is 0 Å². The van der Waals surface area contributed by atoms with Gasteiger partial charge in [-0.25, -0.2) is 15.0 Å². The zero-order chi connectivity index (χ0) is 18.9. The van der Waals surface area contributed by atoms with Crippen molar-refractivity contribution in [3.05, 3.63) is 62.6 Å². The van der Waals surface area contributed by atoms with Crippen LogP contribution in [0, 0.1) is 0 Å². The highest BCUT2D eigenvalue weighted by molar-refractivity contribution is 8.00. The van der Waals surface area contributed by atoms with Crippen molar-refractivity contribution in [2.75, 3.05) is 5.75 Å². The van der Waals surface area contributed by atoms with E-state index in [0.29, 0.717) is 5.75 Å². The van der Waals surface area contributed by atoms with Crippen LogP contribution in [0.15, 0.2) is 62.9 Å². The number of hydrogen-bond acceptors (Lipinski definition) is 8. The molecule has 0 aliphatic carbocycles. The Morgan fingerprint density at radius 1 is 1.11 bits per heavy atom. The van der Waals surface area contributed by atoms with Crippen LogP contribution in [-0.2, 0) is 4.79 Å². The minimum Gasteiger partial charge on any atom is -0.272 e. The number of carbonyl (C=O) groups is 1. The number of amides is 1. The van der Waals surface area contributed by atoms with Gasteiger partial charge in [-0.3, -0.25) is 4.79 Å². The molecule has 4 aromatic heterocycles. The molecule has 1 amide bonds. The lowest BCUT2D eigenvalue weighted by atomic mass is 10.1. The summed E-state index contributed by atoms with van der Waals surface area (Å²) in [5, 5.41) is 13.3. The first-order valence-corrected chi connectivity index (χ1v) is 12.2. The molecule has 0 radical (unpaired) electrons. The minimum atomic E-state index is -0.0302. The van der Waals surface area contributed by atoms with E-state index in [2.05, 4.69) is 22.1 Å². The average molecular weight is 443 g/mol. The third kappa shape index (κ3) is 3.39. The Labute approximate surface area is 177 Å². The molecule has 1 aliphatic rings. The molecular formula is C19H14N4OS4. The van der Waals surface area contributed by atoms with Gasteiger partial charge in [-0.15, -0.1) is 34.0 Å². The molecule has 4 aromatic rings. The van der Waals surface area contributed by atoms with Gasteiger partial charge in [-0.1, -0.05) is 23.9 Å². The summed E-state index contributed by atoms with van der Waals surface area (Å²) in [6, 6.07) is 10.1. The van der Waals surface area contributed by atoms with Crippen LogP contribution in [0.3, 0.4) is 0 Å². The first-order chi connectivity index (χ1) is 13.8. The standard InChI is InChI=1S/C19H14N4OS4/c24-17(10-28-19-18-12(5-8-27-18)20-11-21-19)23-14(16-4-2-7-26-16)9-13(22-23)15-3-1-6-25-15/h1-8,11,14H,9-10H2. The zero-order valence-electron chi connectivity index (χ0n) is 14.5. The second-order valence-corrected chi connectivity index (χ2v) is 9.91. The van der Waals surface area contributed by atoms with Crippen molar-refractivity contribution in [3.8, 4) is 0 Å². The maximum absolute atomic E-state index is 13.1. The van der Waals surface area contributed by atoms with E-state index in [9.17, 15) is 4.79 Å². The maximum Gasteiger partial charge on any atom is 0.253 e. The van der Waals surface area contributed by atoms with E-state index in [1.807, 2.05) is 34.3 Å².